The zero-order valence-electron chi connectivity index (χ0n) is 17.4. The first-order valence-corrected chi connectivity index (χ1v) is 13.6. The van der Waals surface area contributed by atoms with E-state index in [0.29, 0.717) is 10.0 Å². The van der Waals surface area contributed by atoms with Crippen LogP contribution in [-0.2, 0) is 27.2 Å². The first-order chi connectivity index (χ1) is 14.2. The van der Waals surface area contributed by atoms with E-state index >= 15 is 0 Å². The number of Topliss-reactive ketones (excluding diaryl/α,β-unsaturated/α-hetero) is 1. The van der Waals surface area contributed by atoms with Gasteiger partial charge in [0.1, 0.15) is 6.04 Å². The zero-order chi connectivity index (χ0) is 22.4. The number of hydrogen-bond acceptors (Lipinski definition) is 9. The molecule has 12 heteroatoms. The molecule has 1 aromatic rings. The standard InChI is InChI=1S/C18H27BrN2O7P2/c1-5-25-29(23,26-6-2)18(30(24,27-7-3)28-8-4)13-16(20-21-18)17(22)14-11-9-10-12-15(14)19/h9-12,16H,5-8,13H2,1-4H3. The summed E-state index contributed by atoms with van der Waals surface area (Å²) in [4.78, 5) is 13.1. The molecule has 1 atom stereocenters. The lowest BCUT2D eigenvalue weighted by Gasteiger charge is -2.36. The van der Waals surface area contributed by atoms with Gasteiger partial charge in [-0.1, -0.05) is 34.1 Å². The van der Waals surface area contributed by atoms with Crippen LogP contribution >= 0.6 is 31.1 Å². The highest BCUT2D eigenvalue weighted by Gasteiger charge is 2.69. The molecule has 1 aliphatic rings. The van der Waals surface area contributed by atoms with Gasteiger partial charge in [-0.3, -0.25) is 13.9 Å². The van der Waals surface area contributed by atoms with E-state index in [1.165, 1.54) is 0 Å². The Morgan fingerprint density at radius 2 is 1.47 bits per heavy atom. The van der Waals surface area contributed by atoms with Crippen LogP contribution in [0.3, 0.4) is 0 Å². The van der Waals surface area contributed by atoms with Gasteiger partial charge in [0.05, 0.1) is 26.4 Å². The Kier molecular flexibility index (Phi) is 9.13. The summed E-state index contributed by atoms with van der Waals surface area (Å²) in [6.07, 6.45) is -0.290. The molecule has 168 valence electrons. The molecule has 0 radical (unpaired) electrons. The Balaban J connectivity index is 2.58. The molecule has 0 bridgehead atoms. The van der Waals surface area contributed by atoms with Crippen molar-refractivity contribution in [2.75, 3.05) is 26.4 Å². The molecule has 0 aromatic heterocycles. The minimum absolute atomic E-state index is 0.00957. The van der Waals surface area contributed by atoms with Crippen LogP contribution in [0.4, 0.5) is 0 Å². The molecule has 0 amide bonds. The summed E-state index contributed by atoms with van der Waals surface area (Å²) in [6.45, 7) is 6.54. The summed E-state index contributed by atoms with van der Waals surface area (Å²) in [5.74, 6) is -0.368. The molecule has 0 N–H and O–H groups in total. The first kappa shape index (κ1) is 25.5. The lowest BCUT2D eigenvalue weighted by atomic mass is 10.0. The van der Waals surface area contributed by atoms with Crippen molar-refractivity contribution in [3.05, 3.63) is 34.3 Å². The van der Waals surface area contributed by atoms with E-state index < -0.39 is 26.3 Å². The predicted octanol–water partition coefficient (Wildman–Crippen LogP) is 6.04. The van der Waals surface area contributed by atoms with Crippen molar-refractivity contribution in [3.8, 4) is 0 Å². The van der Waals surface area contributed by atoms with Crippen LogP contribution in [-0.4, -0.2) is 43.3 Å². The third kappa shape index (κ3) is 4.70. The van der Waals surface area contributed by atoms with Gasteiger partial charge in [-0.15, -0.1) is 0 Å². The Morgan fingerprint density at radius 3 is 1.90 bits per heavy atom. The van der Waals surface area contributed by atoms with Gasteiger partial charge in [0.15, 0.2) is 5.78 Å². The fourth-order valence-corrected chi connectivity index (χ4v) is 8.96. The second-order valence-corrected chi connectivity index (χ2v) is 11.9. The van der Waals surface area contributed by atoms with Crippen LogP contribution in [0, 0.1) is 0 Å². The summed E-state index contributed by atoms with van der Waals surface area (Å²) in [7, 11) is -8.39. The van der Waals surface area contributed by atoms with Crippen LogP contribution in [0.1, 0.15) is 44.5 Å². The number of rotatable bonds is 12. The van der Waals surface area contributed by atoms with Crippen molar-refractivity contribution >= 4 is 36.9 Å². The average molecular weight is 525 g/mol. The third-order valence-electron chi connectivity index (χ3n) is 4.34. The van der Waals surface area contributed by atoms with E-state index in [9.17, 15) is 13.9 Å². The lowest BCUT2D eigenvalue weighted by Crippen LogP contribution is -2.33. The smallest absolute Gasteiger partial charge is 0.307 e. The highest BCUT2D eigenvalue weighted by molar-refractivity contribution is 9.10. The Hall–Kier alpha value is -0.730. The van der Waals surface area contributed by atoms with Crippen LogP contribution in [0.15, 0.2) is 39.0 Å². The van der Waals surface area contributed by atoms with Crippen molar-refractivity contribution in [1.29, 1.82) is 0 Å². The number of carbonyl (C=O) groups is 1. The van der Waals surface area contributed by atoms with Crippen molar-refractivity contribution in [1.82, 2.24) is 0 Å². The van der Waals surface area contributed by atoms with Gasteiger partial charge in [0.25, 0.3) is 5.02 Å². The molecule has 1 heterocycles. The largest absolute Gasteiger partial charge is 0.372 e. The summed E-state index contributed by atoms with van der Waals surface area (Å²) < 4.78 is 50.2. The van der Waals surface area contributed by atoms with Crippen molar-refractivity contribution < 1.29 is 32.0 Å². The monoisotopic (exact) mass is 524 g/mol. The molecule has 0 saturated heterocycles. The number of carbonyl (C=O) groups excluding carboxylic acids is 1. The summed E-state index contributed by atoms with van der Waals surface area (Å²) >= 11 is 3.35. The minimum Gasteiger partial charge on any atom is -0.307 e. The first-order valence-electron chi connectivity index (χ1n) is 9.73. The van der Waals surface area contributed by atoms with E-state index in [0.717, 1.165) is 0 Å². The molecule has 9 nitrogen and oxygen atoms in total. The predicted molar refractivity (Wildman–Crippen MR) is 116 cm³/mol. The van der Waals surface area contributed by atoms with Crippen molar-refractivity contribution in [2.45, 2.75) is 45.2 Å². The molecule has 30 heavy (non-hydrogen) atoms. The SMILES string of the molecule is CCOP(=O)(OCC)C1(P(=O)(OCC)OCC)CC(C(=O)c2ccccc2Br)N=N1. The molecule has 1 aliphatic heterocycles. The van der Waals surface area contributed by atoms with Gasteiger partial charge in [-0.25, -0.2) is 0 Å². The number of halogens is 1. The molecule has 2 rings (SSSR count). The highest BCUT2D eigenvalue weighted by atomic mass is 79.9. The molecule has 1 unspecified atom stereocenters. The summed E-state index contributed by atoms with van der Waals surface area (Å²) in [5, 5.41) is 6.09. The van der Waals surface area contributed by atoms with Gasteiger partial charge in [0.2, 0.25) is 0 Å². The Labute approximate surface area is 185 Å². The molecular weight excluding hydrogens is 498 g/mol. The lowest BCUT2D eigenvalue weighted by molar-refractivity contribution is 0.0959. The Bertz CT molecular complexity index is 830. The van der Waals surface area contributed by atoms with E-state index in [1.54, 1.807) is 52.0 Å². The normalized spacial score (nSPS) is 18.6. The van der Waals surface area contributed by atoms with Crippen molar-refractivity contribution in [2.24, 2.45) is 10.2 Å². The van der Waals surface area contributed by atoms with Gasteiger partial charge >= 0.3 is 15.2 Å². The molecule has 0 saturated carbocycles. The van der Waals surface area contributed by atoms with Gasteiger partial charge in [-0.2, -0.15) is 10.2 Å². The van der Waals surface area contributed by atoms with E-state index in [-0.39, 0.29) is 38.6 Å². The third-order valence-corrected chi connectivity index (χ3v) is 11.2. The molecule has 1 aromatic carbocycles. The van der Waals surface area contributed by atoms with Crippen LogP contribution in [0.2, 0.25) is 0 Å². The number of benzene rings is 1. The maximum absolute atomic E-state index is 13.9. The van der Waals surface area contributed by atoms with Crippen LogP contribution < -0.4 is 0 Å². The van der Waals surface area contributed by atoms with E-state index in [1.807, 2.05) is 0 Å². The highest BCUT2D eigenvalue weighted by Crippen LogP contribution is 2.81. The second kappa shape index (κ2) is 10.7. The fraction of sp³-hybridized carbons (Fsp3) is 0.611. The topological polar surface area (TPSA) is 113 Å². The summed E-state index contributed by atoms with van der Waals surface area (Å²) in [5.41, 5.74) is 0.377. The van der Waals surface area contributed by atoms with Gasteiger partial charge in [-0.05, 0) is 33.8 Å². The number of ketones is 1. The van der Waals surface area contributed by atoms with Crippen LogP contribution in [0.5, 0.6) is 0 Å². The van der Waals surface area contributed by atoms with Crippen LogP contribution in [0.25, 0.3) is 0 Å². The van der Waals surface area contributed by atoms with Gasteiger partial charge < -0.3 is 18.1 Å². The molecule has 0 aliphatic carbocycles. The zero-order valence-corrected chi connectivity index (χ0v) is 20.8. The Morgan fingerprint density at radius 1 is 1.00 bits per heavy atom. The average Bonchev–Trinajstić information content (AvgIpc) is 3.17. The molecule has 0 spiro atoms. The second-order valence-electron chi connectivity index (χ2n) is 6.22. The maximum atomic E-state index is 13.9. The molecule has 0 fully saturated rings. The number of nitrogens with zero attached hydrogens (tertiary/aromatic N) is 2. The van der Waals surface area contributed by atoms with Gasteiger partial charge in [0, 0.05) is 16.5 Å². The van der Waals surface area contributed by atoms with E-state index in [4.69, 9.17) is 18.1 Å². The number of hydrogen-bond donors (Lipinski definition) is 0. The van der Waals surface area contributed by atoms with E-state index in [2.05, 4.69) is 26.2 Å². The molecular formula is C18H27BrN2O7P2. The maximum Gasteiger partial charge on any atom is 0.372 e. The number of azo groups is 1. The minimum atomic E-state index is -4.20. The fourth-order valence-electron chi connectivity index (χ4n) is 3.14. The van der Waals surface area contributed by atoms with Crippen molar-refractivity contribution in [3.63, 3.8) is 0 Å². The summed E-state index contributed by atoms with van der Waals surface area (Å²) in [6, 6.07) is 5.80. The quantitative estimate of drug-likeness (QED) is 0.242.